The number of fused-ring (bicyclic) bond motifs is 5. The summed E-state index contributed by atoms with van der Waals surface area (Å²) in [5, 5.41) is 20.9. The number of benzene rings is 2. The SMILES string of the molecule is C#Cc1c(F)ccc2cc(O)cc(-c3nc(OC)c4c(N5CC6CCC(C5)N6CCC#N)nc(OCC5(CN6CC7CC7C6)CC5)nc4c3F)c12. The number of ether oxygens (including phenoxy) is 2. The molecule has 1 N–H and O–H groups in total. The maximum Gasteiger partial charge on any atom is 0.319 e. The fourth-order valence-corrected chi connectivity index (χ4v) is 9.02. The van der Waals surface area contributed by atoms with E-state index < -0.39 is 11.6 Å². The molecule has 3 saturated heterocycles. The van der Waals surface area contributed by atoms with Crippen LogP contribution in [0.3, 0.4) is 0 Å². The third-order valence-electron chi connectivity index (χ3n) is 11.8. The molecule has 10 nitrogen and oxygen atoms in total. The lowest BCUT2D eigenvalue weighted by molar-refractivity contribution is 0.162. The van der Waals surface area contributed by atoms with Gasteiger partial charge in [-0.2, -0.15) is 15.2 Å². The molecule has 5 aliphatic rings. The summed E-state index contributed by atoms with van der Waals surface area (Å²) in [5.41, 5.74) is -0.162. The second kappa shape index (κ2) is 12.2. The van der Waals surface area contributed by atoms with Gasteiger partial charge in [0.1, 0.15) is 34.0 Å². The van der Waals surface area contributed by atoms with Crippen molar-refractivity contribution in [3.8, 4) is 47.3 Å². The number of hydrogen-bond donors (Lipinski definition) is 1. The summed E-state index contributed by atoms with van der Waals surface area (Å²) in [7, 11) is 1.45. The molecule has 2 saturated carbocycles. The number of nitrogens with zero attached hydrogens (tertiary/aromatic N) is 7. The van der Waals surface area contributed by atoms with E-state index in [9.17, 15) is 10.4 Å². The molecule has 2 bridgehead atoms. The number of rotatable bonds is 10. The van der Waals surface area contributed by atoms with Crippen LogP contribution in [0.15, 0.2) is 24.3 Å². The zero-order chi connectivity index (χ0) is 35.0. The van der Waals surface area contributed by atoms with Crippen LogP contribution < -0.4 is 14.4 Å². The second-order valence-corrected chi connectivity index (χ2v) is 15.2. The monoisotopic (exact) mass is 691 g/mol. The Kier molecular flexibility index (Phi) is 7.68. The number of terminal acetylenes is 1. The molecule has 262 valence electrons. The van der Waals surface area contributed by atoms with E-state index in [1.54, 1.807) is 0 Å². The molecule has 5 heterocycles. The molecule has 9 rings (SSSR count). The topological polar surface area (TPSA) is 111 Å². The number of aromatic hydroxyl groups is 1. The van der Waals surface area contributed by atoms with E-state index in [-0.39, 0.29) is 62.9 Å². The average Bonchev–Trinajstić information content (AvgIpc) is 4.02. The highest BCUT2D eigenvalue weighted by Crippen LogP contribution is 2.51. The molecule has 5 fully saturated rings. The van der Waals surface area contributed by atoms with E-state index in [0.29, 0.717) is 49.3 Å². The van der Waals surface area contributed by atoms with Gasteiger partial charge in [-0.1, -0.05) is 12.0 Å². The van der Waals surface area contributed by atoms with Gasteiger partial charge in [0.25, 0.3) is 0 Å². The zero-order valence-corrected chi connectivity index (χ0v) is 28.5. The maximum absolute atomic E-state index is 17.2. The number of piperidine rings is 1. The first kappa shape index (κ1) is 32.1. The van der Waals surface area contributed by atoms with Crippen LogP contribution >= 0.6 is 0 Å². The van der Waals surface area contributed by atoms with Crippen molar-refractivity contribution < 1.29 is 23.4 Å². The Morgan fingerprint density at radius 2 is 1.80 bits per heavy atom. The summed E-state index contributed by atoms with van der Waals surface area (Å²) < 4.78 is 44.5. The molecule has 4 aromatic rings. The van der Waals surface area contributed by atoms with E-state index in [1.165, 1.54) is 37.8 Å². The number of halogens is 2. The number of hydrogen-bond acceptors (Lipinski definition) is 10. The van der Waals surface area contributed by atoms with Gasteiger partial charge >= 0.3 is 6.01 Å². The quantitative estimate of drug-likeness (QED) is 0.214. The van der Waals surface area contributed by atoms with Crippen molar-refractivity contribution in [1.82, 2.24) is 24.8 Å². The van der Waals surface area contributed by atoms with Gasteiger partial charge in [0.2, 0.25) is 5.88 Å². The summed E-state index contributed by atoms with van der Waals surface area (Å²) in [5.74, 6) is 3.07. The first-order valence-corrected chi connectivity index (χ1v) is 17.9. The molecular weight excluding hydrogens is 652 g/mol. The van der Waals surface area contributed by atoms with Crippen molar-refractivity contribution in [1.29, 1.82) is 5.26 Å². The number of piperazine rings is 1. The molecule has 12 heteroatoms. The van der Waals surface area contributed by atoms with Crippen molar-refractivity contribution in [2.24, 2.45) is 17.3 Å². The van der Waals surface area contributed by atoms with Gasteiger partial charge in [-0.25, -0.2) is 13.8 Å². The number of likely N-dealkylation sites (tertiary alicyclic amines) is 1. The van der Waals surface area contributed by atoms with Crippen molar-refractivity contribution in [2.75, 3.05) is 57.9 Å². The maximum atomic E-state index is 17.2. The highest BCUT2D eigenvalue weighted by atomic mass is 19.1. The molecule has 4 unspecified atom stereocenters. The molecule has 3 aliphatic heterocycles. The van der Waals surface area contributed by atoms with Crippen molar-refractivity contribution in [2.45, 2.75) is 50.6 Å². The fourth-order valence-electron chi connectivity index (χ4n) is 9.02. The van der Waals surface area contributed by atoms with Gasteiger partial charge in [-0.15, -0.1) is 6.42 Å². The van der Waals surface area contributed by atoms with E-state index >= 15 is 8.78 Å². The molecule has 51 heavy (non-hydrogen) atoms. The van der Waals surface area contributed by atoms with Crippen LogP contribution in [-0.4, -0.2) is 94.9 Å². The number of anilines is 1. The molecule has 2 aliphatic carbocycles. The first-order chi connectivity index (χ1) is 24.8. The number of nitriles is 1. The molecule has 0 radical (unpaired) electrons. The minimum absolute atomic E-state index is 0.0244. The molecule has 0 amide bonds. The Labute approximate surface area is 295 Å². The molecular formula is C39H39F2N7O3. The van der Waals surface area contributed by atoms with Crippen LogP contribution in [0.1, 0.15) is 44.1 Å². The lowest BCUT2D eigenvalue weighted by Gasteiger charge is -2.41. The van der Waals surface area contributed by atoms with E-state index in [4.69, 9.17) is 20.9 Å². The van der Waals surface area contributed by atoms with Crippen molar-refractivity contribution in [3.63, 3.8) is 0 Å². The van der Waals surface area contributed by atoms with E-state index in [2.05, 4.69) is 36.7 Å². The van der Waals surface area contributed by atoms with Crippen LogP contribution in [0, 0.1) is 52.6 Å². The van der Waals surface area contributed by atoms with Crippen LogP contribution in [-0.2, 0) is 0 Å². The Hall–Kier alpha value is -4.78. The number of phenolic OH excluding ortho intramolecular Hbond substituents is 1. The molecule has 0 spiro atoms. The number of pyridine rings is 1. The van der Waals surface area contributed by atoms with Crippen molar-refractivity contribution >= 4 is 27.5 Å². The smallest absolute Gasteiger partial charge is 0.319 e. The van der Waals surface area contributed by atoms with Gasteiger partial charge in [0.15, 0.2) is 5.82 Å². The summed E-state index contributed by atoms with van der Waals surface area (Å²) in [4.78, 5) is 21.4. The van der Waals surface area contributed by atoms with Crippen LogP contribution in [0.5, 0.6) is 17.6 Å². The summed E-state index contributed by atoms with van der Waals surface area (Å²) >= 11 is 0. The lowest BCUT2D eigenvalue weighted by Crippen LogP contribution is -2.54. The highest BCUT2D eigenvalue weighted by molar-refractivity contribution is 6.04. The number of phenols is 1. The van der Waals surface area contributed by atoms with Gasteiger partial charge in [-0.3, -0.25) is 4.90 Å². The number of methoxy groups -OCH3 is 1. The summed E-state index contributed by atoms with van der Waals surface area (Å²) in [6.07, 6.45) is 11.7. The molecule has 2 aromatic carbocycles. The first-order valence-electron chi connectivity index (χ1n) is 17.9. The van der Waals surface area contributed by atoms with Crippen LogP contribution in [0.25, 0.3) is 32.9 Å². The predicted molar refractivity (Wildman–Crippen MR) is 188 cm³/mol. The van der Waals surface area contributed by atoms with Crippen LogP contribution in [0.2, 0.25) is 0 Å². The Bertz CT molecular complexity index is 2140. The molecule has 2 aromatic heterocycles. The zero-order valence-electron chi connectivity index (χ0n) is 28.5. The number of aromatic nitrogens is 3. The van der Waals surface area contributed by atoms with E-state index in [1.807, 2.05) is 0 Å². The standard InChI is InChI=1S/C39H39F2N7O3/c1-3-28-30(40)8-5-22-14-27(49)15-29(31(22)28)34-33(41)35-32(37(43-34)50-2)36(47-18-25-6-7-26(19-47)48(25)12-4-11-42)45-38(44-35)51-21-39(9-10-39)20-46-16-23-13-24(23)17-46/h1,5,8,14-15,23-26,49H,4,6-7,9-10,12-13,16-21H2,2H3. The Morgan fingerprint density at radius 1 is 1.04 bits per heavy atom. The fraction of sp³-hybridized carbons (Fsp3) is 0.487. The van der Waals surface area contributed by atoms with Gasteiger partial charge < -0.3 is 24.4 Å². The second-order valence-electron chi connectivity index (χ2n) is 15.2. The average molecular weight is 692 g/mol. The third kappa shape index (κ3) is 5.56. The minimum Gasteiger partial charge on any atom is -0.508 e. The highest BCUT2D eigenvalue weighted by Gasteiger charge is 2.51. The molecule has 4 atom stereocenters. The Morgan fingerprint density at radius 3 is 2.49 bits per heavy atom. The van der Waals surface area contributed by atoms with E-state index in [0.717, 1.165) is 57.2 Å². The normalized spacial score (nSPS) is 24.8. The van der Waals surface area contributed by atoms with Gasteiger partial charge in [-0.05, 0) is 67.5 Å². The largest absolute Gasteiger partial charge is 0.508 e. The Balaban J connectivity index is 1.16. The van der Waals surface area contributed by atoms with Gasteiger partial charge in [0.05, 0.1) is 25.3 Å². The van der Waals surface area contributed by atoms with Crippen molar-refractivity contribution in [3.05, 3.63) is 41.5 Å². The summed E-state index contributed by atoms with van der Waals surface area (Å²) in [6, 6.07) is 8.26. The van der Waals surface area contributed by atoms with Gasteiger partial charge in [0, 0.05) is 74.1 Å². The summed E-state index contributed by atoms with van der Waals surface area (Å²) in [6.45, 7) is 5.68. The third-order valence-corrected chi connectivity index (χ3v) is 11.8. The van der Waals surface area contributed by atoms with Crippen LogP contribution in [0.4, 0.5) is 14.6 Å². The minimum atomic E-state index is -0.786. The predicted octanol–water partition coefficient (Wildman–Crippen LogP) is 5.50. The lowest BCUT2D eigenvalue weighted by atomic mass is 9.95.